The molecule has 0 radical (unpaired) electrons. The Hall–Kier alpha value is -2.57. The van der Waals surface area contributed by atoms with Gasteiger partial charge in [0.25, 0.3) is 0 Å². The van der Waals surface area contributed by atoms with Crippen LogP contribution in [-0.2, 0) is 0 Å². The van der Waals surface area contributed by atoms with Gasteiger partial charge < -0.3 is 19.9 Å². The van der Waals surface area contributed by atoms with Crippen LogP contribution < -0.4 is 19.9 Å². The second-order valence-electron chi connectivity index (χ2n) is 4.11. The van der Waals surface area contributed by atoms with Crippen molar-refractivity contribution in [3.05, 3.63) is 24.3 Å². The van der Waals surface area contributed by atoms with Crippen molar-refractivity contribution in [1.82, 2.24) is 15.0 Å². The van der Waals surface area contributed by atoms with Gasteiger partial charge >= 0.3 is 12.0 Å². The Morgan fingerprint density at radius 3 is 2.24 bits per heavy atom. The maximum Gasteiger partial charge on any atom is 0.330 e. The predicted molar refractivity (Wildman–Crippen MR) is 77.7 cm³/mol. The number of nitrogens with zero attached hydrogens (tertiary/aromatic N) is 3. The Morgan fingerprint density at radius 2 is 1.57 bits per heavy atom. The molecule has 0 unspecified atom stereocenters. The van der Waals surface area contributed by atoms with Crippen molar-refractivity contribution in [2.75, 3.05) is 18.9 Å². The lowest BCUT2D eigenvalue weighted by Gasteiger charge is -2.08. The summed E-state index contributed by atoms with van der Waals surface area (Å²) in [6.45, 7) is 5.03. The molecule has 0 amide bonds. The molecule has 0 saturated heterocycles. The molecule has 0 aliphatic rings. The normalized spacial score (nSPS) is 10.2. The van der Waals surface area contributed by atoms with Crippen molar-refractivity contribution in [2.24, 2.45) is 0 Å². The zero-order chi connectivity index (χ0) is 15.1. The monoisotopic (exact) mass is 290 g/mol. The molecular weight excluding hydrogens is 272 g/mol. The fraction of sp³-hybridized carbons (Fsp3) is 0.357. The van der Waals surface area contributed by atoms with E-state index in [4.69, 9.17) is 19.9 Å². The van der Waals surface area contributed by atoms with Gasteiger partial charge in [0.2, 0.25) is 5.95 Å². The highest BCUT2D eigenvalue weighted by Crippen LogP contribution is 2.22. The maximum absolute atomic E-state index is 5.61. The standard InChI is InChI=1S/C14H18N4O3/c1-3-9-20-13-16-12(15)17-14(18-13)21-11-7-5-10(6-8-11)19-4-2/h5-8H,3-4,9H2,1-2H3,(H2,15,16,17,18). The summed E-state index contributed by atoms with van der Waals surface area (Å²) in [6.07, 6.45) is 0.848. The molecule has 0 aliphatic heterocycles. The Kier molecular flexibility index (Phi) is 5.14. The van der Waals surface area contributed by atoms with Gasteiger partial charge in [0.15, 0.2) is 0 Å². The van der Waals surface area contributed by atoms with Crippen LogP contribution in [0.25, 0.3) is 0 Å². The van der Waals surface area contributed by atoms with E-state index in [0.29, 0.717) is 19.0 Å². The molecule has 0 fully saturated rings. The first-order valence-electron chi connectivity index (χ1n) is 6.76. The molecule has 21 heavy (non-hydrogen) atoms. The minimum atomic E-state index is 0.0528. The van der Waals surface area contributed by atoms with Crippen LogP contribution in [0, 0.1) is 0 Å². The van der Waals surface area contributed by atoms with Crippen LogP contribution in [0.2, 0.25) is 0 Å². The maximum atomic E-state index is 5.61. The lowest BCUT2D eigenvalue weighted by Crippen LogP contribution is -2.05. The molecule has 0 saturated carbocycles. The summed E-state index contributed by atoms with van der Waals surface area (Å²) in [5.74, 6) is 1.40. The number of ether oxygens (including phenoxy) is 3. The minimum Gasteiger partial charge on any atom is -0.494 e. The zero-order valence-electron chi connectivity index (χ0n) is 12.1. The lowest BCUT2D eigenvalue weighted by atomic mass is 10.3. The van der Waals surface area contributed by atoms with Crippen LogP contribution in [0.3, 0.4) is 0 Å². The Bertz CT molecular complexity index is 575. The van der Waals surface area contributed by atoms with Crippen molar-refractivity contribution in [2.45, 2.75) is 20.3 Å². The van der Waals surface area contributed by atoms with E-state index in [9.17, 15) is 0 Å². The summed E-state index contributed by atoms with van der Waals surface area (Å²) in [6, 6.07) is 7.38. The van der Waals surface area contributed by atoms with Gasteiger partial charge in [-0.2, -0.15) is 9.97 Å². The number of nitrogens with two attached hydrogens (primary N) is 1. The number of benzene rings is 1. The SMILES string of the molecule is CCCOc1nc(N)nc(Oc2ccc(OCC)cc2)n1. The average molecular weight is 290 g/mol. The first kappa shape index (κ1) is 14.8. The third-order valence-corrected chi connectivity index (χ3v) is 2.39. The van der Waals surface area contributed by atoms with Gasteiger partial charge in [-0.3, -0.25) is 0 Å². The molecule has 1 aromatic carbocycles. The summed E-state index contributed by atoms with van der Waals surface area (Å²) < 4.78 is 16.2. The molecular formula is C14H18N4O3. The highest BCUT2D eigenvalue weighted by Gasteiger charge is 2.07. The zero-order valence-corrected chi connectivity index (χ0v) is 12.1. The molecule has 7 nitrogen and oxygen atoms in total. The number of rotatable bonds is 7. The molecule has 0 bridgehead atoms. The van der Waals surface area contributed by atoms with Crippen LogP contribution in [0.1, 0.15) is 20.3 Å². The van der Waals surface area contributed by atoms with E-state index in [1.165, 1.54) is 0 Å². The van der Waals surface area contributed by atoms with Crippen molar-refractivity contribution in [3.63, 3.8) is 0 Å². The number of hydrogen-bond donors (Lipinski definition) is 1. The largest absolute Gasteiger partial charge is 0.494 e. The van der Waals surface area contributed by atoms with Gasteiger partial charge in [0.05, 0.1) is 13.2 Å². The Labute approximate surface area is 123 Å². The van der Waals surface area contributed by atoms with Gasteiger partial charge in [-0.1, -0.05) is 6.92 Å². The summed E-state index contributed by atoms with van der Waals surface area (Å²) in [5, 5.41) is 0. The highest BCUT2D eigenvalue weighted by molar-refractivity contribution is 5.33. The van der Waals surface area contributed by atoms with Crippen LogP contribution in [0.5, 0.6) is 23.5 Å². The molecule has 7 heteroatoms. The van der Waals surface area contributed by atoms with Crippen LogP contribution in [0.15, 0.2) is 24.3 Å². The smallest absolute Gasteiger partial charge is 0.330 e. The average Bonchev–Trinajstić information content (AvgIpc) is 2.47. The van der Waals surface area contributed by atoms with Crippen LogP contribution >= 0.6 is 0 Å². The molecule has 0 spiro atoms. The Morgan fingerprint density at radius 1 is 0.905 bits per heavy atom. The highest BCUT2D eigenvalue weighted by atomic mass is 16.5. The molecule has 2 rings (SSSR count). The second-order valence-corrected chi connectivity index (χ2v) is 4.11. The summed E-state index contributed by atoms with van der Waals surface area (Å²) in [5.41, 5.74) is 5.61. The van der Waals surface area contributed by atoms with E-state index >= 15 is 0 Å². The van der Waals surface area contributed by atoms with Crippen molar-refractivity contribution in [3.8, 4) is 23.5 Å². The van der Waals surface area contributed by atoms with E-state index in [2.05, 4.69) is 15.0 Å². The number of nitrogen functional groups attached to an aromatic ring is 1. The van der Waals surface area contributed by atoms with Crippen molar-refractivity contribution >= 4 is 5.95 Å². The fourth-order valence-corrected chi connectivity index (χ4v) is 1.53. The molecule has 0 aliphatic carbocycles. The summed E-state index contributed by atoms with van der Waals surface area (Å²) in [4.78, 5) is 11.9. The van der Waals surface area contributed by atoms with Gasteiger partial charge in [-0.25, -0.2) is 0 Å². The first-order valence-corrected chi connectivity index (χ1v) is 6.76. The van der Waals surface area contributed by atoms with Gasteiger partial charge in [-0.05, 0) is 37.6 Å². The van der Waals surface area contributed by atoms with E-state index in [1.807, 2.05) is 13.8 Å². The first-order chi connectivity index (χ1) is 10.2. The minimum absolute atomic E-state index is 0.0528. The van der Waals surface area contributed by atoms with Crippen LogP contribution in [0.4, 0.5) is 5.95 Å². The van der Waals surface area contributed by atoms with Gasteiger partial charge in [0, 0.05) is 0 Å². The molecule has 0 atom stereocenters. The van der Waals surface area contributed by atoms with Crippen molar-refractivity contribution in [1.29, 1.82) is 0 Å². The Balaban J connectivity index is 2.09. The van der Waals surface area contributed by atoms with E-state index in [0.717, 1.165) is 12.2 Å². The molecule has 112 valence electrons. The third-order valence-electron chi connectivity index (χ3n) is 2.39. The van der Waals surface area contributed by atoms with Crippen molar-refractivity contribution < 1.29 is 14.2 Å². The van der Waals surface area contributed by atoms with Crippen LogP contribution in [-0.4, -0.2) is 28.2 Å². The van der Waals surface area contributed by atoms with E-state index in [-0.39, 0.29) is 18.0 Å². The summed E-state index contributed by atoms with van der Waals surface area (Å²) in [7, 11) is 0. The lowest BCUT2D eigenvalue weighted by molar-refractivity contribution is 0.285. The molecule has 1 heterocycles. The quantitative estimate of drug-likeness (QED) is 0.837. The van der Waals surface area contributed by atoms with Gasteiger partial charge in [0.1, 0.15) is 11.5 Å². The van der Waals surface area contributed by atoms with E-state index < -0.39 is 0 Å². The topological polar surface area (TPSA) is 92.4 Å². The number of aromatic nitrogens is 3. The number of hydrogen-bond acceptors (Lipinski definition) is 7. The fourth-order valence-electron chi connectivity index (χ4n) is 1.53. The molecule has 1 aromatic heterocycles. The summed E-state index contributed by atoms with van der Waals surface area (Å²) >= 11 is 0. The molecule has 2 N–H and O–H groups in total. The predicted octanol–water partition coefficient (Wildman–Crippen LogP) is 2.43. The second kappa shape index (κ2) is 7.28. The third kappa shape index (κ3) is 4.48. The van der Waals surface area contributed by atoms with Gasteiger partial charge in [-0.15, -0.1) is 4.98 Å². The van der Waals surface area contributed by atoms with E-state index in [1.54, 1.807) is 24.3 Å². The molecule has 2 aromatic rings. The number of anilines is 1.